The highest BCUT2D eigenvalue weighted by Gasteiger charge is 2.20. The number of benzene rings is 9. The summed E-state index contributed by atoms with van der Waals surface area (Å²) < 4.78 is 10.2. The smallest absolute Gasteiger partial charge is 0.137 e. The molecule has 0 aliphatic heterocycles. The molecule has 12 rings (SSSR count). The van der Waals surface area contributed by atoms with E-state index in [1.807, 2.05) is 17.4 Å². The van der Waals surface area contributed by atoms with Crippen molar-refractivity contribution in [3.63, 3.8) is 0 Å². The van der Waals surface area contributed by atoms with Gasteiger partial charge in [0.05, 0.1) is 20.6 Å². The first-order chi connectivity index (χ1) is 28.7. The van der Waals surface area contributed by atoms with Gasteiger partial charge in [-0.2, -0.15) is 0 Å². The summed E-state index contributed by atoms with van der Waals surface area (Å²) in [6, 6.07) is 69.7. The molecular formula is C53H32N2OS2. The second kappa shape index (κ2) is 13.3. The fourth-order valence-corrected chi connectivity index (χ4v) is 10.9. The molecule has 0 unspecified atom stereocenters. The van der Waals surface area contributed by atoms with Crippen LogP contribution in [-0.2, 0) is 0 Å². The summed E-state index contributed by atoms with van der Waals surface area (Å²) in [4.78, 5) is 7.38. The molecule has 0 atom stereocenters. The van der Waals surface area contributed by atoms with Crippen molar-refractivity contribution in [2.45, 2.75) is 0 Å². The van der Waals surface area contributed by atoms with Crippen molar-refractivity contribution in [2.24, 2.45) is 0 Å². The van der Waals surface area contributed by atoms with E-state index in [0.29, 0.717) is 0 Å². The molecule has 3 aromatic heterocycles. The molecule has 272 valence electrons. The van der Waals surface area contributed by atoms with Crippen molar-refractivity contribution in [3.05, 3.63) is 194 Å². The zero-order chi connectivity index (χ0) is 38.2. The summed E-state index contributed by atoms with van der Waals surface area (Å²) in [5, 5.41) is 8.34. The van der Waals surface area contributed by atoms with Gasteiger partial charge in [-0.3, -0.25) is 0 Å². The third-order valence-electron chi connectivity index (χ3n) is 11.3. The number of hydrogen-bond acceptors (Lipinski definition) is 5. The number of hydrogen-bond donors (Lipinski definition) is 0. The molecule has 0 N–H and O–H groups in total. The molecule has 0 aliphatic carbocycles. The van der Waals surface area contributed by atoms with Crippen LogP contribution in [0.3, 0.4) is 0 Å². The Morgan fingerprint density at radius 3 is 1.97 bits per heavy atom. The first-order valence-corrected chi connectivity index (χ1v) is 21.1. The van der Waals surface area contributed by atoms with Crippen molar-refractivity contribution >= 4 is 103 Å². The molecule has 3 nitrogen and oxygen atoms in total. The van der Waals surface area contributed by atoms with Crippen molar-refractivity contribution in [1.29, 1.82) is 0 Å². The lowest BCUT2D eigenvalue weighted by atomic mass is 9.98. The van der Waals surface area contributed by atoms with E-state index in [0.717, 1.165) is 70.9 Å². The predicted octanol–water partition coefficient (Wildman–Crippen LogP) is 16.2. The first kappa shape index (κ1) is 33.1. The van der Waals surface area contributed by atoms with E-state index in [1.54, 1.807) is 11.3 Å². The monoisotopic (exact) mass is 776 g/mol. The van der Waals surface area contributed by atoms with Gasteiger partial charge in [0, 0.05) is 43.2 Å². The second-order valence-electron chi connectivity index (χ2n) is 14.7. The lowest BCUT2D eigenvalue weighted by Crippen LogP contribution is -2.10. The second-order valence-corrected chi connectivity index (χ2v) is 16.7. The number of furan rings is 1. The van der Waals surface area contributed by atoms with Crippen molar-refractivity contribution in [3.8, 4) is 32.8 Å². The van der Waals surface area contributed by atoms with E-state index in [4.69, 9.17) is 9.40 Å². The standard InChI is InChI=1S/C53H32N2OS2/c1-2-11-36(12-3-1)53-54-45-30-31-47-50(52(45)58-53)44-29-24-37(32-48(44)56-47)33-20-25-38(26-21-33)55(46-18-9-17-43-42-15-6-7-19-49(42)57-51(43)46)39-27-22-35(23-28-39)41-16-8-13-34-10-4-5-14-40(34)41/h1-32H. The summed E-state index contributed by atoms with van der Waals surface area (Å²) in [6.07, 6.45) is 0. The Morgan fingerprint density at radius 1 is 0.431 bits per heavy atom. The lowest BCUT2D eigenvalue weighted by molar-refractivity contribution is 0.669. The quantitative estimate of drug-likeness (QED) is 0.168. The highest BCUT2D eigenvalue weighted by Crippen LogP contribution is 2.46. The maximum absolute atomic E-state index is 6.52. The Bertz CT molecular complexity index is 3500. The molecule has 3 heterocycles. The lowest BCUT2D eigenvalue weighted by Gasteiger charge is -2.26. The van der Waals surface area contributed by atoms with E-state index in [2.05, 4.69) is 193 Å². The maximum Gasteiger partial charge on any atom is 0.137 e. The topological polar surface area (TPSA) is 29.3 Å². The predicted molar refractivity (Wildman–Crippen MR) is 248 cm³/mol. The minimum atomic E-state index is 0.878. The highest BCUT2D eigenvalue weighted by atomic mass is 32.1. The third kappa shape index (κ3) is 5.36. The van der Waals surface area contributed by atoms with Crippen LogP contribution in [0.15, 0.2) is 199 Å². The average molecular weight is 777 g/mol. The zero-order valence-electron chi connectivity index (χ0n) is 31.1. The van der Waals surface area contributed by atoms with Gasteiger partial charge in [0.1, 0.15) is 16.2 Å². The number of aromatic nitrogens is 1. The van der Waals surface area contributed by atoms with Crippen LogP contribution in [0.2, 0.25) is 0 Å². The van der Waals surface area contributed by atoms with Crippen LogP contribution < -0.4 is 4.90 Å². The van der Waals surface area contributed by atoms with Crippen LogP contribution in [0.25, 0.3) is 95.9 Å². The fraction of sp³-hybridized carbons (Fsp3) is 0. The van der Waals surface area contributed by atoms with E-state index in [1.165, 1.54) is 42.1 Å². The molecule has 58 heavy (non-hydrogen) atoms. The van der Waals surface area contributed by atoms with Crippen LogP contribution in [-0.4, -0.2) is 4.98 Å². The molecule has 12 aromatic rings. The van der Waals surface area contributed by atoms with Gasteiger partial charge in [-0.05, 0) is 93.7 Å². The van der Waals surface area contributed by atoms with Crippen LogP contribution in [0.4, 0.5) is 17.1 Å². The van der Waals surface area contributed by atoms with Crippen molar-refractivity contribution < 1.29 is 4.42 Å². The van der Waals surface area contributed by atoms with Gasteiger partial charge in [0.25, 0.3) is 0 Å². The van der Waals surface area contributed by atoms with Gasteiger partial charge in [-0.25, -0.2) is 4.98 Å². The molecule has 0 radical (unpaired) electrons. The summed E-state index contributed by atoms with van der Waals surface area (Å²) in [6.45, 7) is 0. The number of nitrogens with zero attached hydrogens (tertiary/aromatic N) is 2. The molecule has 0 spiro atoms. The molecule has 0 aliphatic rings. The highest BCUT2D eigenvalue weighted by molar-refractivity contribution is 7.26. The van der Waals surface area contributed by atoms with Gasteiger partial charge >= 0.3 is 0 Å². The van der Waals surface area contributed by atoms with Gasteiger partial charge in [-0.1, -0.05) is 133 Å². The number of anilines is 3. The Hall–Kier alpha value is -7.05. The van der Waals surface area contributed by atoms with Gasteiger partial charge in [-0.15, -0.1) is 22.7 Å². The molecule has 0 fully saturated rings. The number of rotatable bonds is 6. The van der Waals surface area contributed by atoms with Crippen molar-refractivity contribution in [1.82, 2.24) is 4.98 Å². The minimum Gasteiger partial charge on any atom is -0.456 e. The van der Waals surface area contributed by atoms with Crippen LogP contribution in [0.1, 0.15) is 0 Å². The first-order valence-electron chi connectivity index (χ1n) is 19.4. The SMILES string of the molecule is c1ccc(-c2nc3ccc4oc5cc(-c6ccc(N(c7ccc(-c8cccc9ccccc89)cc7)c7cccc8c7sc7ccccc78)cc6)ccc5c4c3s2)cc1. The minimum absolute atomic E-state index is 0.878. The summed E-state index contributed by atoms with van der Waals surface area (Å²) in [5.74, 6) is 0. The normalized spacial score (nSPS) is 11.8. The number of thiophene rings is 1. The largest absolute Gasteiger partial charge is 0.456 e. The van der Waals surface area contributed by atoms with Crippen molar-refractivity contribution in [2.75, 3.05) is 4.90 Å². The number of thiazole rings is 1. The van der Waals surface area contributed by atoms with Gasteiger partial charge in [0.2, 0.25) is 0 Å². The van der Waals surface area contributed by atoms with Gasteiger partial charge < -0.3 is 9.32 Å². The van der Waals surface area contributed by atoms with E-state index in [-0.39, 0.29) is 0 Å². The molecule has 0 bridgehead atoms. The van der Waals surface area contributed by atoms with Crippen LogP contribution in [0.5, 0.6) is 0 Å². The van der Waals surface area contributed by atoms with Crippen LogP contribution in [0, 0.1) is 0 Å². The van der Waals surface area contributed by atoms with E-state index in [9.17, 15) is 0 Å². The molecule has 0 saturated carbocycles. The molecular weight excluding hydrogens is 745 g/mol. The summed E-state index contributed by atoms with van der Waals surface area (Å²) >= 11 is 3.58. The molecule has 0 saturated heterocycles. The Kier molecular flexibility index (Phi) is 7.58. The summed E-state index contributed by atoms with van der Waals surface area (Å²) in [5.41, 5.74) is 11.9. The Morgan fingerprint density at radius 2 is 1.12 bits per heavy atom. The third-order valence-corrected chi connectivity index (χ3v) is 13.7. The van der Waals surface area contributed by atoms with E-state index < -0.39 is 0 Å². The van der Waals surface area contributed by atoms with E-state index >= 15 is 0 Å². The molecule has 5 heteroatoms. The number of fused-ring (bicyclic) bond motifs is 9. The average Bonchev–Trinajstić information content (AvgIpc) is 4.01. The molecule has 0 amide bonds. The van der Waals surface area contributed by atoms with Gasteiger partial charge in [0.15, 0.2) is 0 Å². The Balaban J connectivity index is 0.949. The van der Waals surface area contributed by atoms with Crippen LogP contribution >= 0.6 is 22.7 Å². The maximum atomic E-state index is 6.52. The summed E-state index contributed by atoms with van der Waals surface area (Å²) in [7, 11) is 0. The fourth-order valence-electron chi connectivity index (χ4n) is 8.54. The zero-order valence-corrected chi connectivity index (χ0v) is 32.7. The Labute approximate surface area is 342 Å². The molecule has 9 aromatic carbocycles.